The number of nitrogens with zero attached hydrogens (tertiary/aromatic N) is 5. The molecule has 0 aromatic carbocycles. The van der Waals surface area contributed by atoms with Crippen LogP contribution in [0, 0.1) is 5.41 Å². The SMILES string of the molecule is N=C1N=C(N)c2nc(N3CCOCC3)c(N3CCOCC3)nc21. The van der Waals surface area contributed by atoms with Crippen LogP contribution in [0.5, 0.6) is 0 Å². The molecule has 2 saturated heterocycles. The minimum atomic E-state index is 0.0769. The zero-order chi connectivity index (χ0) is 15.8. The van der Waals surface area contributed by atoms with E-state index in [-0.39, 0.29) is 11.7 Å². The minimum absolute atomic E-state index is 0.0769. The monoisotopic (exact) mass is 317 g/mol. The lowest BCUT2D eigenvalue weighted by atomic mass is 10.2. The molecule has 0 saturated carbocycles. The number of nitrogens with two attached hydrogens (primary N) is 1. The molecule has 0 radical (unpaired) electrons. The predicted molar refractivity (Wildman–Crippen MR) is 85.6 cm³/mol. The smallest absolute Gasteiger partial charge is 0.175 e. The second-order valence-corrected chi connectivity index (χ2v) is 5.61. The molecule has 0 unspecified atom stereocenters. The van der Waals surface area contributed by atoms with Crippen LogP contribution in [0.3, 0.4) is 0 Å². The van der Waals surface area contributed by atoms with Crippen LogP contribution >= 0.6 is 0 Å². The van der Waals surface area contributed by atoms with Crippen molar-refractivity contribution in [2.24, 2.45) is 10.7 Å². The highest BCUT2D eigenvalue weighted by Crippen LogP contribution is 2.30. The van der Waals surface area contributed by atoms with Crippen molar-refractivity contribution in [3.05, 3.63) is 11.4 Å². The number of fused-ring (bicyclic) bond motifs is 1. The molecule has 0 atom stereocenters. The van der Waals surface area contributed by atoms with Gasteiger partial charge in [0.05, 0.1) is 26.4 Å². The van der Waals surface area contributed by atoms with Gasteiger partial charge >= 0.3 is 0 Å². The Hall–Kier alpha value is -2.26. The van der Waals surface area contributed by atoms with Gasteiger partial charge in [-0.1, -0.05) is 0 Å². The summed E-state index contributed by atoms with van der Waals surface area (Å²) in [6.45, 7) is 5.71. The van der Waals surface area contributed by atoms with Crippen LogP contribution in [0.15, 0.2) is 4.99 Å². The highest BCUT2D eigenvalue weighted by molar-refractivity contribution is 6.19. The van der Waals surface area contributed by atoms with E-state index >= 15 is 0 Å². The summed E-state index contributed by atoms with van der Waals surface area (Å²) in [7, 11) is 0. The molecular weight excluding hydrogens is 298 g/mol. The van der Waals surface area contributed by atoms with E-state index < -0.39 is 0 Å². The molecule has 1 aromatic heterocycles. The Labute approximate surface area is 133 Å². The quantitative estimate of drug-likeness (QED) is 0.733. The van der Waals surface area contributed by atoms with Crippen LogP contribution in [0.2, 0.25) is 0 Å². The van der Waals surface area contributed by atoms with Crippen molar-refractivity contribution < 1.29 is 9.47 Å². The van der Waals surface area contributed by atoms with Gasteiger partial charge in [0.25, 0.3) is 0 Å². The summed E-state index contributed by atoms with van der Waals surface area (Å²) in [6, 6.07) is 0. The summed E-state index contributed by atoms with van der Waals surface area (Å²) in [5.74, 6) is 1.92. The van der Waals surface area contributed by atoms with E-state index in [0.717, 1.165) is 37.8 Å². The number of hydrogen-bond donors (Lipinski definition) is 2. The van der Waals surface area contributed by atoms with Crippen LogP contribution < -0.4 is 15.5 Å². The van der Waals surface area contributed by atoms with Crippen LogP contribution in [0.1, 0.15) is 11.4 Å². The van der Waals surface area contributed by atoms with Gasteiger partial charge in [0.1, 0.15) is 11.4 Å². The van der Waals surface area contributed by atoms with Gasteiger partial charge in [0.2, 0.25) is 0 Å². The Morgan fingerprint density at radius 2 is 1.30 bits per heavy atom. The maximum Gasteiger partial charge on any atom is 0.175 e. The van der Waals surface area contributed by atoms with E-state index in [2.05, 4.69) is 19.8 Å². The number of aromatic nitrogens is 2. The van der Waals surface area contributed by atoms with Crippen molar-refractivity contribution in [2.75, 3.05) is 62.4 Å². The third-order valence-corrected chi connectivity index (χ3v) is 4.18. The maximum absolute atomic E-state index is 7.94. The first-order chi connectivity index (χ1) is 11.2. The lowest BCUT2D eigenvalue weighted by molar-refractivity contribution is 0.120. The average Bonchev–Trinajstić information content (AvgIpc) is 2.89. The first-order valence-electron chi connectivity index (χ1n) is 7.75. The van der Waals surface area contributed by atoms with Crippen molar-refractivity contribution in [1.82, 2.24) is 9.97 Å². The molecule has 1 aromatic rings. The average molecular weight is 317 g/mol. The Morgan fingerprint density at radius 1 is 0.826 bits per heavy atom. The molecule has 9 heteroatoms. The van der Waals surface area contributed by atoms with Crippen molar-refractivity contribution in [1.29, 1.82) is 5.41 Å². The number of anilines is 2. The molecule has 0 spiro atoms. The lowest BCUT2D eigenvalue weighted by Crippen LogP contribution is -2.42. The molecule has 0 aliphatic carbocycles. The Morgan fingerprint density at radius 3 is 1.83 bits per heavy atom. The van der Waals surface area contributed by atoms with Gasteiger partial charge in [-0.05, 0) is 0 Å². The summed E-state index contributed by atoms with van der Waals surface area (Å²) in [5.41, 5.74) is 6.86. The Bertz CT molecular complexity index is 663. The molecule has 4 rings (SSSR count). The molecule has 23 heavy (non-hydrogen) atoms. The zero-order valence-electron chi connectivity index (χ0n) is 12.8. The molecule has 0 amide bonds. The summed E-state index contributed by atoms with van der Waals surface area (Å²) < 4.78 is 10.9. The van der Waals surface area contributed by atoms with Crippen molar-refractivity contribution >= 4 is 23.3 Å². The van der Waals surface area contributed by atoms with E-state index in [0.29, 0.717) is 37.8 Å². The number of hydrogen-bond acceptors (Lipinski definition) is 8. The van der Waals surface area contributed by atoms with Gasteiger partial charge in [-0.3, -0.25) is 5.41 Å². The molecule has 3 aliphatic rings. The molecule has 0 bridgehead atoms. The van der Waals surface area contributed by atoms with Crippen LogP contribution in [0.25, 0.3) is 0 Å². The van der Waals surface area contributed by atoms with Gasteiger partial charge in [-0.25, -0.2) is 15.0 Å². The molecular formula is C14H19N7O2. The third kappa shape index (κ3) is 2.51. The highest BCUT2D eigenvalue weighted by Gasteiger charge is 2.30. The summed E-state index contributed by atoms with van der Waals surface area (Å²) in [6.07, 6.45) is 0. The molecule has 3 N–H and O–H groups in total. The van der Waals surface area contributed by atoms with Crippen LogP contribution in [0.4, 0.5) is 11.6 Å². The summed E-state index contributed by atoms with van der Waals surface area (Å²) in [5, 5.41) is 7.94. The molecule has 3 aliphatic heterocycles. The minimum Gasteiger partial charge on any atom is -0.382 e. The van der Waals surface area contributed by atoms with Crippen LogP contribution in [-0.2, 0) is 9.47 Å². The van der Waals surface area contributed by atoms with Crippen molar-refractivity contribution in [3.8, 4) is 0 Å². The normalized spacial score (nSPS) is 21.4. The Kier molecular flexibility index (Phi) is 3.58. The first-order valence-corrected chi connectivity index (χ1v) is 7.75. The van der Waals surface area contributed by atoms with Crippen LogP contribution in [-0.4, -0.2) is 74.2 Å². The highest BCUT2D eigenvalue weighted by atomic mass is 16.5. The van der Waals surface area contributed by atoms with E-state index in [1.807, 2.05) is 0 Å². The fourth-order valence-corrected chi connectivity index (χ4v) is 2.96. The lowest BCUT2D eigenvalue weighted by Gasteiger charge is -2.34. The van der Waals surface area contributed by atoms with E-state index in [1.54, 1.807) is 0 Å². The van der Waals surface area contributed by atoms with Gasteiger partial charge in [0, 0.05) is 26.2 Å². The number of aliphatic imine (C=N–C) groups is 1. The first kappa shape index (κ1) is 14.3. The standard InChI is InChI=1S/C14H19N7O2/c15-11-9-10(12(16)19-11)18-14(21-3-7-23-8-4-21)13(17-9)20-1-5-22-6-2-20/h1-8H2,(H3,15,16,19). The summed E-state index contributed by atoms with van der Waals surface area (Å²) in [4.78, 5) is 17.7. The van der Waals surface area contributed by atoms with E-state index in [9.17, 15) is 0 Å². The topological polar surface area (TPSA) is 113 Å². The molecule has 9 nitrogen and oxygen atoms in total. The van der Waals surface area contributed by atoms with E-state index in [4.69, 9.17) is 25.6 Å². The molecule has 2 fully saturated rings. The maximum atomic E-state index is 7.94. The second-order valence-electron chi connectivity index (χ2n) is 5.61. The van der Waals surface area contributed by atoms with Gasteiger partial charge < -0.3 is 25.0 Å². The predicted octanol–water partition coefficient (Wildman–Crippen LogP) is -0.806. The molecule has 122 valence electrons. The summed E-state index contributed by atoms with van der Waals surface area (Å²) >= 11 is 0. The third-order valence-electron chi connectivity index (χ3n) is 4.18. The van der Waals surface area contributed by atoms with Crippen molar-refractivity contribution in [3.63, 3.8) is 0 Å². The number of amidine groups is 2. The largest absolute Gasteiger partial charge is 0.382 e. The Balaban J connectivity index is 1.79. The number of rotatable bonds is 2. The number of ether oxygens (including phenoxy) is 2. The van der Waals surface area contributed by atoms with E-state index in [1.165, 1.54) is 0 Å². The fourth-order valence-electron chi connectivity index (χ4n) is 2.96. The fraction of sp³-hybridized carbons (Fsp3) is 0.571. The number of nitrogens with one attached hydrogen (secondary N) is 1. The molecule has 4 heterocycles. The zero-order valence-corrected chi connectivity index (χ0v) is 12.8. The van der Waals surface area contributed by atoms with Crippen molar-refractivity contribution in [2.45, 2.75) is 0 Å². The van der Waals surface area contributed by atoms with Gasteiger partial charge in [-0.15, -0.1) is 0 Å². The van der Waals surface area contributed by atoms with Gasteiger partial charge in [-0.2, -0.15) is 0 Å². The second kappa shape index (κ2) is 5.74. The van der Waals surface area contributed by atoms with Gasteiger partial charge in [0.15, 0.2) is 23.3 Å². The number of morpholine rings is 2.